The minimum atomic E-state index is -0.531. The zero-order valence-corrected chi connectivity index (χ0v) is 18.7. The van der Waals surface area contributed by atoms with Gasteiger partial charge in [0.2, 0.25) is 0 Å². The van der Waals surface area contributed by atoms with Gasteiger partial charge in [-0.3, -0.25) is 4.79 Å². The van der Waals surface area contributed by atoms with Gasteiger partial charge in [-0.05, 0) is 82.8 Å². The molecule has 8 heteroatoms. The number of carbonyl (C=O) groups is 2. The van der Waals surface area contributed by atoms with E-state index in [9.17, 15) is 9.59 Å². The molecular weight excluding hydrogens is 519 g/mol. The average molecular weight is 535 g/mol. The monoisotopic (exact) mass is 534 g/mol. The number of rotatable bonds is 6. The Balaban J connectivity index is 1.68. The number of methoxy groups -OCH3 is 1. The number of nitrogens with zero attached hydrogens (tertiary/aromatic N) is 1. The minimum absolute atomic E-state index is 0.262. The van der Waals surface area contributed by atoms with Gasteiger partial charge in [-0.15, -0.1) is 0 Å². The average Bonchev–Trinajstić information content (AvgIpc) is 2.75. The Morgan fingerprint density at radius 2 is 1.77 bits per heavy atom. The van der Waals surface area contributed by atoms with Crippen LogP contribution in [0.3, 0.4) is 0 Å². The van der Waals surface area contributed by atoms with Gasteiger partial charge in [-0.1, -0.05) is 23.7 Å². The first-order valence-electron chi connectivity index (χ1n) is 8.71. The number of hydrazone groups is 1. The lowest BCUT2D eigenvalue weighted by Gasteiger charge is -2.10. The Bertz CT molecular complexity index is 1100. The maximum Gasteiger partial charge on any atom is 0.343 e. The van der Waals surface area contributed by atoms with Crippen molar-refractivity contribution in [2.24, 2.45) is 5.10 Å². The molecule has 1 amide bonds. The summed E-state index contributed by atoms with van der Waals surface area (Å²) in [6.45, 7) is 0. The molecular formula is C22H16ClIN2O4. The predicted octanol–water partition coefficient (Wildman–Crippen LogP) is 4.94. The summed E-state index contributed by atoms with van der Waals surface area (Å²) in [5.41, 5.74) is 4.05. The van der Waals surface area contributed by atoms with Gasteiger partial charge in [0.1, 0.15) is 0 Å². The van der Waals surface area contributed by atoms with Crippen molar-refractivity contribution in [2.45, 2.75) is 0 Å². The second-order valence-corrected chi connectivity index (χ2v) is 7.58. The molecule has 3 aromatic rings. The summed E-state index contributed by atoms with van der Waals surface area (Å²) >= 11 is 7.92. The van der Waals surface area contributed by atoms with E-state index in [1.165, 1.54) is 13.3 Å². The number of nitrogens with one attached hydrogen (secondary N) is 1. The molecule has 0 bridgehead atoms. The normalized spacial score (nSPS) is 10.6. The van der Waals surface area contributed by atoms with Crippen LogP contribution >= 0.6 is 34.2 Å². The van der Waals surface area contributed by atoms with E-state index in [1.54, 1.807) is 54.6 Å². The lowest BCUT2D eigenvalue weighted by atomic mass is 10.2. The van der Waals surface area contributed by atoms with Crippen LogP contribution in [0.1, 0.15) is 26.3 Å². The van der Waals surface area contributed by atoms with Crippen molar-refractivity contribution in [1.82, 2.24) is 5.43 Å². The number of amides is 1. The minimum Gasteiger partial charge on any atom is -0.493 e. The summed E-state index contributed by atoms with van der Waals surface area (Å²) in [5.74, 6) is -0.226. The molecule has 0 radical (unpaired) electrons. The van der Waals surface area contributed by atoms with Crippen molar-refractivity contribution < 1.29 is 19.1 Å². The van der Waals surface area contributed by atoms with E-state index in [2.05, 4.69) is 33.1 Å². The maximum atomic E-state index is 12.3. The summed E-state index contributed by atoms with van der Waals surface area (Å²) < 4.78 is 11.5. The summed E-state index contributed by atoms with van der Waals surface area (Å²) in [6, 6.07) is 18.5. The number of benzene rings is 3. The molecule has 0 fully saturated rings. The largest absolute Gasteiger partial charge is 0.493 e. The van der Waals surface area contributed by atoms with Crippen LogP contribution in [0.2, 0.25) is 5.02 Å². The third kappa shape index (κ3) is 5.58. The quantitative estimate of drug-likeness (QED) is 0.160. The third-order valence-corrected chi connectivity index (χ3v) is 5.16. The number of esters is 1. The molecule has 0 aliphatic heterocycles. The third-order valence-electron chi connectivity index (χ3n) is 3.97. The Hall–Kier alpha value is -2.91. The lowest BCUT2D eigenvalue weighted by molar-refractivity contribution is 0.0729. The van der Waals surface area contributed by atoms with E-state index in [0.29, 0.717) is 27.5 Å². The summed E-state index contributed by atoms with van der Waals surface area (Å²) in [4.78, 5) is 24.5. The maximum absolute atomic E-state index is 12.3. The smallest absolute Gasteiger partial charge is 0.343 e. The first-order valence-corrected chi connectivity index (χ1v) is 10.2. The molecule has 3 aromatic carbocycles. The fourth-order valence-electron chi connectivity index (χ4n) is 2.46. The summed E-state index contributed by atoms with van der Waals surface area (Å²) in [5, 5.41) is 4.51. The Morgan fingerprint density at radius 1 is 1.03 bits per heavy atom. The highest BCUT2D eigenvalue weighted by atomic mass is 127. The molecule has 0 aromatic heterocycles. The molecule has 0 unspecified atom stereocenters. The molecule has 152 valence electrons. The fourth-order valence-corrected chi connectivity index (χ4v) is 3.22. The van der Waals surface area contributed by atoms with Crippen molar-refractivity contribution in [1.29, 1.82) is 0 Å². The number of halogens is 2. The molecule has 3 rings (SSSR count). The van der Waals surface area contributed by atoms with Crippen LogP contribution in [-0.4, -0.2) is 25.2 Å². The van der Waals surface area contributed by atoms with E-state index in [1.807, 2.05) is 12.1 Å². The highest BCUT2D eigenvalue weighted by Gasteiger charge is 2.13. The van der Waals surface area contributed by atoms with Gasteiger partial charge in [0.25, 0.3) is 5.91 Å². The van der Waals surface area contributed by atoms with Gasteiger partial charge in [0, 0.05) is 8.59 Å². The van der Waals surface area contributed by atoms with Crippen LogP contribution in [0.5, 0.6) is 11.5 Å². The van der Waals surface area contributed by atoms with Gasteiger partial charge in [-0.2, -0.15) is 5.10 Å². The van der Waals surface area contributed by atoms with Crippen molar-refractivity contribution in [2.75, 3.05) is 7.11 Å². The molecule has 1 N–H and O–H groups in total. The standard InChI is InChI=1S/C22H16ClIN2O4/c1-29-20-12-14(13-25-26-21(27)17-4-2-3-5-18(17)24)6-11-19(20)30-22(28)15-7-9-16(23)10-8-15/h2-13H,1H3,(H,26,27). The number of carbonyl (C=O) groups excluding carboxylic acids is 2. The van der Waals surface area contributed by atoms with Crippen LogP contribution in [-0.2, 0) is 0 Å². The van der Waals surface area contributed by atoms with Crippen molar-refractivity contribution >= 4 is 52.3 Å². The number of hydrogen-bond donors (Lipinski definition) is 1. The van der Waals surface area contributed by atoms with Gasteiger partial charge in [0.05, 0.1) is 24.5 Å². The molecule has 0 saturated carbocycles. The van der Waals surface area contributed by atoms with E-state index < -0.39 is 5.97 Å². The van der Waals surface area contributed by atoms with Gasteiger partial charge < -0.3 is 9.47 Å². The summed E-state index contributed by atoms with van der Waals surface area (Å²) in [7, 11) is 1.47. The van der Waals surface area contributed by atoms with Crippen LogP contribution in [0, 0.1) is 3.57 Å². The highest BCUT2D eigenvalue weighted by molar-refractivity contribution is 14.1. The highest BCUT2D eigenvalue weighted by Crippen LogP contribution is 2.28. The van der Waals surface area contributed by atoms with Gasteiger partial charge >= 0.3 is 5.97 Å². The van der Waals surface area contributed by atoms with E-state index in [4.69, 9.17) is 21.1 Å². The topological polar surface area (TPSA) is 77.0 Å². The first-order chi connectivity index (χ1) is 14.5. The molecule has 30 heavy (non-hydrogen) atoms. The Kier molecular flexibility index (Phi) is 7.42. The second-order valence-electron chi connectivity index (χ2n) is 5.99. The fraction of sp³-hybridized carbons (Fsp3) is 0.0455. The van der Waals surface area contributed by atoms with Crippen molar-refractivity contribution in [3.05, 3.63) is 92.0 Å². The number of ether oxygens (including phenoxy) is 2. The second kappa shape index (κ2) is 10.2. The van der Waals surface area contributed by atoms with Crippen LogP contribution in [0.4, 0.5) is 0 Å². The summed E-state index contributed by atoms with van der Waals surface area (Å²) in [6.07, 6.45) is 1.47. The zero-order valence-electron chi connectivity index (χ0n) is 15.8. The van der Waals surface area contributed by atoms with E-state index >= 15 is 0 Å². The van der Waals surface area contributed by atoms with Gasteiger partial charge in [0.15, 0.2) is 11.5 Å². The molecule has 0 aliphatic rings. The SMILES string of the molecule is COc1cc(C=NNC(=O)c2ccccc2I)ccc1OC(=O)c1ccc(Cl)cc1. The van der Waals surface area contributed by atoms with Crippen LogP contribution in [0.25, 0.3) is 0 Å². The van der Waals surface area contributed by atoms with Crippen LogP contribution in [0.15, 0.2) is 71.8 Å². The zero-order chi connectivity index (χ0) is 21.5. The van der Waals surface area contributed by atoms with E-state index in [0.717, 1.165) is 3.57 Å². The molecule has 0 atom stereocenters. The molecule has 0 aliphatic carbocycles. The molecule has 0 spiro atoms. The molecule has 0 saturated heterocycles. The van der Waals surface area contributed by atoms with Crippen LogP contribution < -0.4 is 14.9 Å². The van der Waals surface area contributed by atoms with E-state index in [-0.39, 0.29) is 11.7 Å². The van der Waals surface area contributed by atoms with Gasteiger partial charge in [-0.25, -0.2) is 10.2 Å². The Labute approximate surface area is 192 Å². The lowest BCUT2D eigenvalue weighted by Crippen LogP contribution is -2.18. The number of hydrogen-bond acceptors (Lipinski definition) is 5. The van der Waals surface area contributed by atoms with Crippen molar-refractivity contribution in [3.8, 4) is 11.5 Å². The Morgan fingerprint density at radius 3 is 2.47 bits per heavy atom. The first kappa shape index (κ1) is 21.8. The van der Waals surface area contributed by atoms with Crippen molar-refractivity contribution in [3.63, 3.8) is 0 Å². The predicted molar refractivity (Wildman–Crippen MR) is 124 cm³/mol. The molecule has 0 heterocycles. The molecule has 6 nitrogen and oxygen atoms in total.